The number of rotatable bonds is 15. The van der Waals surface area contributed by atoms with Gasteiger partial charge in [-0.2, -0.15) is 0 Å². The van der Waals surface area contributed by atoms with Crippen LogP contribution in [0.1, 0.15) is 51.2 Å². The normalized spacial score (nSPS) is 12.0. The van der Waals surface area contributed by atoms with E-state index in [0.717, 1.165) is 22.7 Å². The minimum absolute atomic E-state index is 0.0323. The van der Waals surface area contributed by atoms with Gasteiger partial charge in [0.05, 0.1) is 17.2 Å². The first kappa shape index (κ1) is 34.2. The van der Waals surface area contributed by atoms with E-state index in [0.29, 0.717) is 40.9 Å². The van der Waals surface area contributed by atoms with E-state index in [9.17, 15) is 18.0 Å². The van der Waals surface area contributed by atoms with Crippen molar-refractivity contribution in [1.82, 2.24) is 10.2 Å². The number of nitrogens with zero attached hydrogens (tertiary/aromatic N) is 2. The Bertz CT molecular complexity index is 1460. The number of ether oxygens (including phenoxy) is 1. The molecule has 0 fully saturated rings. The lowest BCUT2D eigenvalue weighted by molar-refractivity contribution is -0.140. The molecule has 11 heteroatoms. The number of amides is 2. The molecule has 1 N–H and O–H groups in total. The van der Waals surface area contributed by atoms with E-state index < -0.39 is 28.5 Å². The molecular formula is C32H39Cl2N3O5S. The number of benzene rings is 3. The molecule has 3 aromatic carbocycles. The van der Waals surface area contributed by atoms with Crippen LogP contribution in [0.25, 0.3) is 0 Å². The Kier molecular flexibility index (Phi) is 12.7. The smallest absolute Gasteiger partial charge is 0.264 e. The third-order valence-corrected chi connectivity index (χ3v) is 9.43. The third kappa shape index (κ3) is 8.87. The van der Waals surface area contributed by atoms with Gasteiger partial charge in [0.15, 0.2) is 0 Å². The topological polar surface area (TPSA) is 96.0 Å². The molecule has 0 aromatic heterocycles. The lowest BCUT2D eigenvalue weighted by atomic mass is 10.1. The quantitative estimate of drug-likeness (QED) is 0.187. The molecule has 0 bridgehead atoms. The van der Waals surface area contributed by atoms with E-state index in [1.165, 1.54) is 17.0 Å². The highest BCUT2D eigenvalue weighted by atomic mass is 35.5. The summed E-state index contributed by atoms with van der Waals surface area (Å²) in [6, 6.07) is 17.0. The minimum Gasteiger partial charge on any atom is -0.494 e. The fourth-order valence-corrected chi connectivity index (χ4v) is 6.45. The Morgan fingerprint density at radius 3 is 2.12 bits per heavy atom. The van der Waals surface area contributed by atoms with Gasteiger partial charge in [-0.1, -0.05) is 67.2 Å². The number of halogens is 2. The number of unbranched alkanes of at least 4 members (excludes halogenated alkanes) is 1. The number of nitrogens with one attached hydrogen (secondary N) is 1. The second-order valence-electron chi connectivity index (χ2n) is 10.0. The van der Waals surface area contributed by atoms with Gasteiger partial charge in [0.2, 0.25) is 11.8 Å². The molecule has 0 saturated carbocycles. The number of hydrogen-bond acceptors (Lipinski definition) is 5. The van der Waals surface area contributed by atoms with Crippen molar-refractivity contribution in [2.45, 2.75) is 64.4 Å². The van der Waals surface area contributed by atoms with Gasteiger partial charge in [0.25, 0.3) is 10.0 Å². The summed E-state index contributed by atoms with van der Waals surface area (Å²) in [5.41, 5.74) is 1.63. The first-order valence-electron chi connectivity index (χ1n) is 14.4. The Labute approximate surface area is 265 Å². The first-order valence-corrected chi connectivity index (χ1v) is 16.5. The maximum Gasteiger partial charge on any atom is 0.264 e. The molecule has 0 heterocycles. The van der Waals surface area contributed by atoms with E-state index in [2.05, 4.69) is 5.32 Å². The molecule has 0 unspecified atom stereocenters. The predicted octanol–water partition coefficient (Wildman–Crippen LogP) is 6.62. The van der Waals surface area contributed by atoms with Crippen LogP contribution >= 0.6 is 23.2 Å². The molecule has 0 aliphatic heterocycles. The van der Waals surface area contributed by atoms with Crippen LogP contribution in [0.3, 0.4) is 0 Å². The van der Waals surface area contributed by atoms with E-state index in [4.69, 9.17) is 27.9 Å². The van der Waals surface area contributed by atoms with Crippen molar-refractivity contribution in [2.24, 2.45) is 0 Å². The summed E-state index contributed by atoms with van der Waals surface area (Å²) in [5, 5.41) is 3.58. The van der Waals surface area contributed by atoms with Gasteiger partial charge in [-0.3, -0.25) is 13.9 Å². The number of sulfonamides is 1. The van der Waals surface area contributed by atoms with Gasteiger partial charge in [0, 0.05) is 28.7 Å². The summed E-state index contributed by atoms with van der Waals surface area (Å²) in [5.74, 6) is -0.352. The number of carbonyl (C=O) groups is 2. The summed E-state index contributed by atoms with van der Waals surface area (Å²) < 4.78 is 34.6. The monoisotopic (exact) mass is 647 g/mol. The summed E-state index contributed by atoms with van der Waals surface area (Å²) in [7, 11) is -4.19. The predicted molar refractivity (Wildman–Crippen MR) is 172 cm³/mol. The number of hydrogen-bond donors (Lipinski definition) is 1. The van der Waals surface area contributed by atoms with Crippen molar-refractivity contribution in [3.8, 4) is 5.75 Å². The van der Waals surface area contributed by atoms with Crippen LogP contribution in [0.4, 0.5) is 5.69 Å². The van der Waals surface area contributed by atoms with Crippen LogP contribution in [0.2, 0.25) is 10.0 Å². The largest absolute Gasteiger partial charge is 0.494 e. The molecule has 0 aliphatic carbocycles. The van der Waals surface area contributed by atoms with Gasteiger partial charge >= 0.3 is 0 Å². The number of carbonyl (C=O) groups excluding carboxylic acids is 2. The fourth-order valence-electron chi connectivity index (χ4n) is 4.52. The van der Waals surface area contributed by atoms with Gasteiger partial charge in [-0.05, 0) is 75.2 Å². The average Bonchev–Trinajstić information content (AvgIpc) is 2.98. The van der Waals surface area contributed by atoms with E-state index in [-0.39, 0.29) is 23.0 Å². The highest BCUT2D eigenvalue weighted by Gasteiger charge is 2.34. The van der Waals surface area contributed by atoms with Crippen molar-refractivity contribution in [2.75, 3.05) is 24.0 Å². The molecule has 232 valence electrons. The van der Waals surface area contributed by atoms with Crippen LogP contribution in [0, 0.1) is 6.92 Å². The van der Waals surface area contributed by atoms with Crippen molar-refractivity contribution in [3.05, 3.63) is 87.9 Å². The molecule has 0 saturated heterocycles. The van der Waals surface area contributed by atoms with Gasteiger partial charge in [-0.25, -0.2) is 8.42 Å². The molecule has 43 heavy (non-hydrogen) atoms. The molecule has 3 aromatic rings. The SMILES string of the molecule is CCCCNC(=O)[C@H](CC)N(Cc1c(Cl)cccc1Cl)C(=O)CN(c1ccc(OCC)cc1)S(=O)(=O)c1ccc(C)cc1. The second kappa shape index (κ2) is 16.0. The summed E-state index contributed by atoms with van der Waals surface area (Å²) >= 11 is 12.9. The zero-order valence-corrected chi connectivity index (χ0v) is 27.3. The Morgan fingerprint density at radius 1 is 0.930 bits per heavy atom. The van der Waals surface area contributed by atoms with Crippen LogP contribution in [0.5, 0.6) is 5.75 Å². The van der Waals surface area contributed by atoms with E-state index in [1.54, 1.807) is 61.5 Å². The number of aryl methyl sites for hydroxylation is 1. The molecular weight excluding hydrogens is 609 g/mol. The molecule has 0 radical (unpaired) electrons. The minimum atomic E-state index is -4.19. The molecule has 8 nitrogen and oxygen atoms in total. The summed E-state index contributed by atoms with van der Waals surface area (Å²) in [4.78, 5) is 29.0. The molecule has 3 rings (SSSR count). The highest BCUT2D eigenvalue weighted by Crippen LogP contribution is 2.29. The highest BCUT2D eigenvalue weighted by molar-refractivity contribution is 7.92. The lowest BCUT2D eigenvalue weighted by Crippen LogP contribution is -2.52. The van der Waals surface area contributed by atoms with Gasteiger partial charge in [-0.15, -0.1) is 0 Å². The van der Waals surface area contributed by atoms with Crippen molar-refractivity contribution < 1.29 is 22.7 Å². The average molecular weight is 649 g/mol. The maximum absolute atomic E-state index is 14.2. The lowest BCUT2D eigenvalue weighted by Gasteiger charge is -2.33. The second-order valence-corrected chi connectivity index (χ2v) is 12.7. The van der Waals surface area contributed by atoms with Crippen LogP contribution in [-0.2, 0) is 26.2 Å². The third-order valence-electron chi connectivity index (χ3n) is 6.93. The van der Waals surface area contributed by atoms with Crippen molar-refractivity contribution >= 4 is 50.7 Å². The van der Waals surface area contributed by atoms with Crippen LogP contribution in [0.15, 0.2) is 71.6 Å². The molecule has 0 spiro atoms. The van der Waals surface area contributed by atoms with Crippen LogP contribution < -0.4 is 14.4 Å². The Morgan fingerprint density at radius 2 is 1.56 bits per heavy atom. The maximum atomic E-state index is 14.2. The van der Waals surface area contributed by atoms with E-state index >= 15 is 0 Å². The molecule has 0 aliphatic rings. The van der Waals surface area contributed by atoms with Gasteiger partial charge < -0.3 is 15.0 Å². The zero-order chi connectivity index (χ0) is 31.6. The standard InChI is InChI=1S/C32H39Cl2N3O5S/c1-5-8-20-35-32(39)30(6-2)36(21-27-28(33)10-9-11-29(27)34)31(38)22-37(24-14-16-25(17-15-24)42-7-3)43(40,41)26-18-12-23(4)13-19-26/h9-19,30H,5-8,20-22H2,1-4H3,(H,35,39)/t30-/m0/s1. The van der Waals surface area contributed by atoms with Crippen LogP contribution in [-0.4, -0.2) is 50.9 Å². The number of anilines is 1. The first-order chi connectivity index (χ1) is 20.5. The molecule has 1 atom stereocenters. The van der Waals surface area contributed by atoms with Gasteiger partial charge in [0.1, 0.15) is 18.3 Å². The summed E-state index contributed by atoms with van der Waals surface area (Å²) in [6.07, 6.45) is 1.97. The zero-order valence-electron chi connectivity index (χ0n) is 25.0. The Hall–Kier alpha value is -3.27. The van der Waals surface area contributed by atoms with E-state index in [1.807, 2.05) is 20.8 Å². The van der Waals surface area contributed by atoms with Crippen molar-refractivity contribution in [3.63, 3.8) is 0 Å². The summed E-state index contributed by atoms with van der Waals surface area (Å²) in [6.45, 7) is 7.78. The van der Waals surface area contributed by atoms with Crippen molar-refractivity contribution in [1.29, 1.82) is 0 Å². The fraction of sp³-hybridized carbons (Fsp3) is 0.375. The Balaban J connectivity index is 2.08. The molecule has 2 amide bonds.